The largest absolute Gasteiger partial charge is 0.486 e. The fraction of sp³-hybridized carbons (Fsp3) is 0.370. The zero-order valence-electron chi connectivity index (χ0n) is 19.0. The highest BCUT2D eigenvalue weighted by Gasteiger charge is 2.25. The van der Waals surface area contributed by atoms with Gasteiger partial charge in [0.1, 0.15) is 12.4 Å². The average molecular weight is 448 g/mol. The summed E-state index contributed by atoms with van der Waals surface area (Å²) in [7, 11) is 0. The molecule has 6 nitrogen and oxygen atoms in total. The van der Waals surface area contributed by atoms with Crippen molar-refractivity contribution in [3.05, 3.63) is 76.6 Å². The van der Waals surface area contributed by atoms with Crippen LogP contribution >= 0.6 is 0 Å². The minimum absolute atomic E-state index is 0.0345. The highest BCUT2D eigenvalue weighted by atomic mass is 16.6. The zero-order valence-corrected chi connectivity index (χ0v) is 19.0. The lowest BCUT2D eigenvalue weighted by Gasteiger charge is -2.27. The first kappa shape index (κ1) is 21.6. The Morgan fingerprint density at radius 2 is 1.97 bits per heavy atom. The number of aliphatic hydroxyl groups excluding tert-OH is 1. The van der Waals surface area contributed by atoms with E-state index in [1.165, 1.54) is 0 Å². The van der Waals surface area contributed by atoms with Crippen molar-refractivity contribution >= 4 is 5.78 Å². The number of fused-ring (bicyclic) bond motifs is 2. The molecule has 0 saturated carbocycles. The van der Waals surface area contributed by atoms with E-state index in [1.54, 1.807) is 0 Å². The van der Waals surface area contributed by atoms with E-state index in [1.807, 2.05) is 62.4 Å². The zero-order chi connectivity index (χ0) is 22.9. The van der Waals surface area contributed by atoms with E-state index in [9.17, 15) is 9.90 Å². The number of ketones is 1. The van der Waals surface area contributed by atoms with Gasteiger partial charge in [-0.3, -0.25) is 4.79 Å². The average Bonchev–Trinajstić information content (AvgIpc) is 3.11. The molecule has 2 aromatic carbocycles. The van der Waals surface area contributed by atoms with E-state index in [-0.39, 0.29) is 18.5 Å². The van der Waals surface area contributed by atoms with Gasteiger partial charge in [-0.2, -0.15) is 0 Å². The van der Waals surface area contributed by atoms with E-state index in [2.05, 4.69) is 4.57 Å². The topological polar surface area (TPSA) is 69.9 Å². The molecule has 5 rings (SSSR count). The summed E-state index contributed by atoms with van der Waals surface area (Å²) >= 11 is 0. The number of aromatic nitrogens is 1. The van der Waals surface area contributed by atoms with Gasteiger partial charge >= 0.3 is 0 Å². The second-order valence-corrected chi connectivity index (χ2v) is 8.84. The first-order valence-electron chi connectivity index (χ1n) is 11.5. The number of benzene rings is 2. The third kappa shape index (κ3) is 4.23. The number of hydrogen-bond donors (Lipinski definition) is 1. The number of nitrogens with zero attached hydrogens (tertiary/aromatic N) is 1. The highest BCUT2D eigenvalue weighted by Crippen LogP contribution is 2.35. The van der Waals surface area contributed by atoms with Crippen molar-refractivity contribution in [1.29, 1.82) is 0 Å². The number of ether oxygens (including phenoxy) is 3. The fourth-order valence-corrected chi connectivity index (χ4v) is 4.87. The standard InChI is InChI=1S/C27H29NO5/c1-17-13-22(18(2)28(17)14-19-15-31-26-10-3-4-11-27(26)33-19)24(30)16-32-25-12-6-7-20-21(25)8-5-9-23(20)29/h3-4,6-7,10-13,19,23,29H,5,8-9,14-16H2,1-2H3/t19-,23+/m1/s1. The van der Waals surface area contributed by atoms with Crippen molar-refractivity contribution in [3.63, 3.8) is 0 Å². The number of aliphatic hydroxyl groups is 1. The molecular weight excluding hydrogens is 418 g/mol. The molecule has 1 N–H and O–H groups in total. The summed E-state index contributed by atoms with van der Waals surface area (Å²) in [6.07, 6.45) is 1.96. The van der Waals surface area contributed by atoms with Crippen LogP contribution in [0.4, 0.5) is 0 Å². The van der Waals surface area contributed by atoms with Crippen LogP contribution in [0.15, 0.2) is 48.5 Å². The first-order valence-corrected chi connectivity index (χ1v) is 11.5. The van der Waals surface area contributed by atoms with Gasteiger partial charge in [-0.05, 0) is 68.5 Å². The van der Waals surface area contributed by atoms with Crippen molar-refractivity contribution in [1.82, 2.24) is 4.57 Å². The van der Waals surface area contributed by atoms with Crippen molar-refractivity contribution in [2.45, 2.75) is 51.9 Å². The van der Waals surface area contributed by atoms with Crippen LogP contribution < -0.4 is 14.2 Å². The van der Waals surface area contributed by atoms with Gasteiger partial charge < -0.3 is 23.9 Å². The highest BCUT2D eigenvalue weighted by molar-refractivity contribution is 5.98. The molecule has 1 aliphatic heterocycles. The molecule has 0 radical (unpaired) electrons. The molecule has 6 heteroatoms. The monoisotopic (exact) mass is 447 g/mol. The Morgan fingerprint density at radius 3 is 2.82 bits per heavy atom. The Labute approximate surface area is 193 Å². The molecule has 0 bridgehead atoms. The molecular formula is C27H29NO5. The van der Waals surface area contributed by atoms with Crippen molar-refractivity contribution in [3.8, 4) is 17.2 Å². The first-order chi connectivity index (χ1) is 16.0. The molecule has 0 saturated heterocycles. The number of hydrogen-bond acceptors (Lipinski definition) is 5. The third-order valence-corrected chi connectivity index (χ3v) is 6.62. The number of rotatable bonds is 6. The molecule has 0 spiro atoms. The molecule has 2 aliphatic rings. The lowest BCUT2D eigenvalue weighted by molar-refractivity contribution is 0.0777. The minimum Gasteiger partial charge on any atom is -0.486 e. The van der Waals surface area contributed by atoms with Crippen LogP contribution in [-0.4, -0.2) is 34.8 Å². The van der Waals surface area contributed by atoms with Gasteiger partial charge in [0.25, 0.3) is 0 Å². The third-order valence-electron chi connectivity index (χ3n) is 6.62. The Hall–Kier alpha value is -3.25. The molecule has 3 aromatic rings. The molecule has 172 valence electrons. The summed E-state index contributed by atoms with van der Waals surface area (Å²) in [5.74, 6) is 2.14. The fourth-order valence-electron chi connectivity index (χ4n) is 4.87. The number of carbonyl (C=O) groups is 1. The van der Waals surface area contributed by atoms with Gasteiger partial charge in [0.2, 0.25) is 5.78 Å². The van der Waals surface area contributed by atoms with Crippen LogP contribution in [0.25, 0.3) is 0 Å². The molecule has 1 aromatic heterocycles. The summed E-state index contributed by atoms with van der Waals surface area (Å²) in [5, 5.41) is 10.3. The maximum atomic E-state index is 13.0. The summed E-state index contributed by atoms with van der Waals surface area (Å²) in [6.45, 7) is 4.98. The summed E-state index contributed by atoms with van der Waals surface area (Å²) < 4.78 is 20.0. The minimum atomic E-state index is -0.454. The van der Waals surface area contributed by atoms with Crippen LogP contribution in [0.5, 0.6) is 17.2 Å². The number of carbonyl (C=O) groups excluding carboxylic acids is 1. The normalized spacial score (nSPS) is 19.1. The summed E-state index contributed by atoms with van der Waals surface area (Å²) in [4.78, 5) is 13.0. The van der Waals surface area contributed by atoms with Crippen molar-refractivity contribution in [2.24, 2.45) is 0 Å². The summed E-state index contributed by atoms with van der Waals surface area (Å²) in [5.41, 5.74) is 4.49. The lowest BCUT2D eigenvalue weighted by Crippen LogP contribution is -2.33. The molecule has 1 aliphatic carbocycles. The summed E-state index contributed by atoms with van der Waals surface area (Å²) in [6, 6.07) is 15.3. The maximum Gasteiger partial charge on any atom is 0.202 e. The van der Waals surface area contributed by atoms with Gasteiger partial charge in [-0.15, -0.1) is 0 Å². The molecule has 0 amide bonds. The van der Waals surface area contributed by atoms with Gasteiger partial charge in [0.15, 0.2) is 24.2 Å². The van der Waals surface area contributed by atoms with E-state index in [0.717, 1.165) is 53.3 Å². The quantitative estimate of drug-likeness (QED) is 0.561. The molecule has 2 atom stereocenters. The van der Waals surface area contributed by atoms with E-state index in [4.69, 9.17) is 14.2 Å². The Bertz CT molecular complexity index is 1180. The molecule has 2 heterocycles. The Kier molecular flexibility index (Phi) is 5.85. The number of para-hydroxylation sites is 2. The van der Waals surface area contributed by atoms with Gasteiger partial charge in [-0.25, -0.2) is 0 Å². The van der Waals surface area contributed by atoms with Crippen molar-refractivity contribution in [2.75, 3.05) is 13.2 Å². The Morgan fingerprint density at radius 1 is 1.15 bits per heavy atom. The smallest absolute Gasteiger partial charge is 0.202 e. The predicted molar refractivity (Wildman–Crippen MR) is 124 cm³/mol. The van der Waals surface area contributed by atoms with Gasteiger partial charge in [0.05, 0.1) is 12.6 Å². The van der Waals surface area contributed by atoms with Crippen molar-refractivity contribution < 1.29 is 24.1 Å². The molecule has 0 unspecified atom stereocenters. The SMILES string of the molecule is Cc1cc(C(=O)COc2cccc3c2CCC[C@@H]3O)c(C)n1C[C@@H]1COc2ccccc2O1. The second-order valence-electron chi connectivity index (χ2n) is 8.84. The van der Waals surface area contributed by atoms with Crippen LogP contribution in [0.2, 0.25) is 0 Å². The van der Waals surface area contributed by atoms with Gasteiger partial charge in [0, 0.05) is 17.0 Å². The molecule has 0 fully saturated rings. The predicted octanol–water partition coefficient (Wildman–Crippen LogP) is 4.58. The second kappa shape index (κ2) is 8.94. The van der Waals surface area contributed by atoms with E-state index >= 15 is 0 Å². The van der Waals surface area contributed by atoms with Crippen LogP contribution in [0.3, 0.4) is 0 Å². The Balaban J connectivity index is 1.28. The van der Waals surface area contributed by atoms with E-state index in [0.29, 0.717) is 24.5 Å². The van der Waals surface area contributed by atoms with Crippen LogP contribution in [-0.2, 0) is 13.0 Å². The molecule has 33 heavy (non-hydrogen) atoms. The van der Waals surface area contributed by atoms with Crippen LogP contribution in [0, 0.1) is 13.8 Å². The van der Waals surface area contributed by atoms with Crippen LogP contribution in [0.1, 0.15) is 51.8 Å². The van der Waals surface area contributed by atoms with E-state index < -0.39 is 6.10 Å². The maximum absolute atomic E-state index is 13.0. The number of aryl methyl sites for hydroxylation is 1. The van der Waals surface area contributed by atoms with Gasteiger partial charge in [-0.1, -0.05) is 24.3 Å². The number of Topliss-reactive ketones (excluding diaryl/α,β-unsaturated/α-hetero) is 1. The lowest BCUT2D eigenvalue weighted by atomic mass is 9.89.